The van der Waals surface area contributed by atoms with Crippen LogP contribution >= 0.6 is 0 Å². The molecular weight excluding hydrogens is 380 g/mol. The lowest BCUT2D eigenvalue weighted by Gasteiger charge is -2.18. The molecule has 158 valence electrons. The third-order valence-electron chi connectivity index (χ3n) is 4.02. The van der Waals surface area contributed by atoms with Gasteiger partial charge in [0, 0.05) is 25.8 Å². The maximum atomic E-state index is 12.3. The van der Waals surface area contributed by atoms with Crippen LogP contribution in [0.2, 0.25) is 0 Å². The fraction of sp³-hybridized carbons (Fsp3) is 0.450. The lowest BCUT2D eigenvalue weighted by molar-refractivity contribution is -0.147. The van der Waals surface area contributed by atoms with Gasteiger partial charge in [-0.2, -0.15) is 0 Å². The summed E-state index contributed by atoms with van der Waals surface area (Å²) in [6.45, 7) is 2.39. The Hall–Kier alpha value is -3.23. The van der Waals surface area contributed by atoms with Crippen LogP contribution in [0.5, 0.6) is 0 Å². The number of carbonyl (C=O) groups is 5. The van der Waals surface area contributed by atoms with Crippen molar-refractivity contribution in [3.8, 4) is 0 Å². The molecule has 2 atom stereocenters. The van der Waals surface area contributed by atoms with Crippen LogP contribution in [0, 0.1) is 5.92 Å². The predicted molar refractivity (Wildman–Crippen MR) is 103 cm³/mol. The van der Waals surface area contributed by atoms with Gasteiger partial charge in [-0.1, -0.05) is 37.3 Å². The minimum Gasteiger partial charge on any atom is -0.481 e. The van der Waals surface area contributed by atoms with Crippen molar-refractivity contribution in [3.05, 3.63) is 35.9 Å². The first kappa shape index (κ1) is 23.8. The molecule has 0 aromatic heterocycles. The molecule has 0 heterocycles. The SMILES string of the molecule is CC(=O)OCC(=O)C(CC(=O)O)NC(=O)C(C)CC(=O)NCCc1ccccc1. The summed E-state index contributed by atoms with van der Waals surface area (Å²) in [5.74, 6) is -4.47. The van der Waals surface area contributed by atoms with Crippen molar-refractivity contribution < 1.29 is 33.8 Å². The topological polar surface area (TPSA) is 139 Å². The Balaban J connectivity index is 2.49. The van der Waals surface area contributed by atoms with E-state index in [0.29, 0.717) is 13.0 Å². The van der Waals surface area contributed by atoms with Crippen LogP contribution < -0.4 is 10.6 Å². The fourth-order valence-corrected chi connectivity index (χ4v) is 2.44. The molecule has 0 saturated heterocycles. The van der Waals surface area contributed by atoms with Gasteiger partial charge in [0.25, 0.3) is 0 Å². The van der Waals surface area contributed by atoms with Gasteiger partial charge in [0.2, 0.25) is 11.8 Å². The Bertz CT molecular complexity index is 734. The van der Waals surface area contributed by atoms with Gasteiger partial charge in [-0.25, -0.2) is 0 Å². The summed E-state index contributed by atoms with van der Waals surface area (Å²) in [5, 5.41) is 14.0. The fourth-order valence-electron chi connectivity index (χ4n) is 2.44. The van der Waals surface area contributed by atoms with E-state index in [1.165, 1.54) is 6.92 Å². The van der Waals surface area contributed by atoms with E-state index in [0.717, 1.165) is 12.5 Å². The van der Waals surface area contributed by atoms with Crippen LogP contribution in [0.15, 0.2) is 30.3 Å². The number of carboxylic acids is 1. The number of carboxylic acid groups (broad SMARTS) is 1. The monoisotopic (exact) mass is 406 g/mol. The zero-order chi connectivity index (χ0) is 21.8. The molecule has 0 saturated carbocycles. The number of carbonyl (C=O) groups excluding carboxylic acids is 4. The first-order valence-electron chi connectivity index (χ1n) is 9.18. The molecule has 29 heavy (non-hydrogen) atoms. The standard InChI is InChI=1S/C20H26N2O7/c1-13(10-18(25)21-9-8-15-6-4-3-5-7-15)20(28)22-16(11-19(26)27)17(24)12-29-14(2)23/h3-7,13,16H,8-12H2,1-2H3,(H,21,25)(H,22,28)(H,26,27). The van der Waals surface area contributed by atoms with Crippen molar-refractivity contribution in [2.45, 2.75) is 39.2 Å². The molecule has 0 radical (unpaired) electrons. The number of amides is 2. The summed E-state index contributed by atoms with van der Waals surface area (Å²) in [4.78, 5) is 58.0. The van der Waals surface area contributed by atoms with Crippen LogP contribution in [0.1, 0.15) is 32.3 Å². The highest BCUT2D eigenvalue weighted by Gasteiger charge is 2.27. The Morgan fingerprint density at radius 3 is 2.31 bits per heavy atom. The number of esters is 1. The van der Waals surface area contributed by atoms with E-state index in [-0.39, 0.29) is 12.3 Å². The van der Waals surface area contributed by atoms with Crippen LogP contribution in [-0.2, 0) is 35.1 Å². The largest absolute Gasteiger partial charge is 0.481 e. The summed E-state index contributed by atoms with van der Waals surface area (Å²) in [6.07, 6.45) is -0.112. The molecular formula is C20H26N2O7. The highest BCUT2D eigenvalue weighted by atomic mass is 16.5. The van der Waals surface area contributed by atoms with Gasteiger partial charge >= 0.3 is 11.9 Å². The first-order valence-corrected chi connectivity index (χ1v) is 9.18. The average Bonchev–Trinajstić information content (AvgIpc) is 2.65. The van der Waals surface area contributed by atoms with Gasteiger partial charge in [-0.05, 0) is 12.0 Å². The van der Waals surface area contributed by atoms with Crippen LogP contribution in [-0.4, -0.2) is 53.8 Å². The highest BCUT2D eigenvalue weighted by molar-refractivity contribution is 5.94. The second-order valence-corrected chi connectivity index (χ2v) is 6.60. The molecule has 0 bridgehead atoms. The number of Topliss-reactive ketones (excluding diaryl/α,β-unsaturated/α-hetero) is 1. The third-order valence-corrected chi connectivity index (χ3v) is 4.02. The molecule has 0 aliphatic rings. The zero-order valence-corrected chi connectivity index (χ0v) is 16.5. The molecule has 1 aromatic rings. The Kier molecular flexibility index (Phi) is 10.1. The van der Waals surface area contributed by atoms with Gasteiger partial charge in [-0.3, -0.25) is 24.0 Å². The summed E-state index contributed by atoms with van der Waals surface area (Å²) in [7, 11) is 0. The number of hydrogen-bond donors (Lipinski definition) is 3. The molecule has 0 spiro atoms. The van der Waals surface area contributed by atoms with Crippen molar-refractivity contribution in [2.75, 3.05) is 13.2 Å². The van der Waals surface area contributed by atoms with Gasteiger partial charge < -0.3 is 20.5 Å². The zero-order valence-electron chi connectivity index (χ0n) is 16.5. The van der Waals surface area contributed by atoms with Crippen molar-refractivity contribution in [3.63, 3.8) is 0 Å². The summed E-state index contributed by atoms with van der Waals surface area (Å²) in [6, 6.07) is 8.24. The average molecular weight is 406 g/mol. The number of ether oxygens (including phenoxy) is 1. The van der Waals surface area contributed by atoms with E-state index >= 15 is 0 Å². The van der Waals surface area contributed by atoms with Crippen molar-refractivity contribution in [2.24, 2.45) is 5.92 Å². The number of benzene rings is 1. The Morgan fingerprint density at radius 2 is 1.72 bits per heavy atom. The lowest BCUT2D eigenvalue weighted by Crippen LogP contribution is -2.46. The second-order valence-electron chi connectivity index (χ2n) is 6.60. The molecule has 9 heteroatoms. The summed E-state index contributed by atoms with van der Waals surface area (Å²) in [5.41, 5.74) is 1.07. The van der Waals surface area contributed by atoms with Crippen LogP contribution in [0.3, 0.4) is 0 Å². The minimum atomic E-state index is -1.34. The van der Waals surface area contributed by atoms with E-state index < -0.39 is 48.6 Å². The molecule has 0 aliphatic heterocycles. The Morgan fingerprint density at radius 1 is 1.07 bits per heavy atom. The quantitative estimate of drug-likeness (QED) is 0.429. The normalized spacial score (nSPS) is 12.3. The van der Waals surface area contributed by atoms with E-state index in [1.807, 2.05) is 30.3 Å². The number of hydrogen-bond acceptors (Lipinski definition) is 6. The molecule has 1 rings (SSSR count). The summed E-state index contributed by atoms with van der Waals surface area (Å²) < 4.78 is 4.56. The number of ketones is 1. The lowest BCUT2D eigenvalue weighted by atomic mass is 10.0. The van der Waals surface area contributed by atoms with Crippen LogP contribution in [0.4, 0.5) is 0 Å². The number of nitrogens with one attached hydrogen (secondary N) is 2. The third kappa shape index (κ3) is 10.0. The van der Waals surface area contributed by atoms with Gasteiger partial charge in [0.15, 0.2) is 12.4 Å². The van der Waals surface area contributed by atoms with E-state index in [4.69, 9.17) is 5.11 Å². The number of aliphatic carboxylic acids is 1. The van der Waals surface area contributed by atoms with E-state index in [9.17, 15) is 24.0 Å². The van der Waals surface area contributed by atoms with Gasteiger partial charge in [0.05, 0.1) is 6.42 Å². The molecule has 2 amide bonds. The summed E-state index contributed by atoms with van der Waals surface area (Å²) >= 11 is 0. The number of rotatable bonds is 12. The van der Waals surface area contributed by atoms with Crippen molar-refractivity contribution >= 4 is 29.5 Å². The molecule has 0 fully saturated rings. The maximum Gasteiger partial charge on any atom is 0.305 e. The molecule has 3 N–H and O–H groups in total. The van der Waals surface area contributed by atoms with E-state index in [2.05, 4.69) is 15.4 Å². The molecule has 2 unspecified atom stereocenters. The van der Waals surface area contributed by atoms with Crippen molar-refractivity contribution in [1.82, 2.24) is 10.6 Å². The first-order chi connectivity index (χ1) is 13.7. The predicted octanol–water partition coefficient (Wildman–Crippen LogP) is 0.463. The minimum absolute atomic E-state index is 0.113. The van der Waals surface area contributed by atoms with E-state index in [1.54, 1.807) is 0 Å². The highest BCUT2D eigenvalue weighted by Crippen LogP contribution is 2.05. The molecule has 1 aromatic carbocycles. The van der Waals surface area contributed by atoms with Crippen molar-refractivity contribution in [1.29, 1.82) is 0 Å². The molecule has 9 nitrogen and oxygen atoms in total. The maximum absolute atomic E-state index is 12.3. The molecule has 0 aliphatic carbocycles. The second kappa shape index (κ2) is 12.3. The van der Waals surface area contributed by atoms with Gasteiger partial charge in [0.1, 0.15) is 6.04 Å². The Labute approximate surface area is 168 Å². The van der Waals surface area contributed by atoms with Gasteiger partial charge in [-0.15, -0.1) is 0 Å². The van der Waals surface area contributed by atoms with Crippen LogP contribution in [0.25, 0.3) is 0 Å². The smallest absolute Gasteiger partial charge is 0.305 e.